The normalized spacial score (nSPS) is 11.6. The summed E-state index contributed by atoms with van der Waals surface area (Å²) in [6.07, 6.45) is 4.76. The van der Waals surface area contributed by atoms with Gasteiger partial charge in [-0.05, 0) is 47.4 Å². The fourth-order valence-electron chi connectivity index (χ4n) is 5.09. The number of aliphatic hydroxyl groups excluding tert-OH is 1. The number of nitrogens with one attached hydrogen (secondary N) is 1. The first-order chi connectivity index (χ1) is 17.9. The molecule has 0 amide bonds. The summed E-state index contributed by atoms with van der Waals surface area (Å²) in [5.41, 5.74) is 4.37. The van der Waals surface area contributed by atoms with Gasteiger partial charge < -0.3 is 15.0 Å². The molecule has 2 aromatic carbocycles. The van der Waals surface area contributed by atoms with Crippen molar-refractivity contribution in [3.05, 3.63) is 88.1 Å². The van der Waals surface area contributed by atoms with Gasteiger partial charge in [-0.2, -0.15) is 5.10 Å². The molecule has 0 atom stereocenters. The van der Waals surface area contributed by atoms with E-state index in [9.17, 15) is 9.90 Å². The van der Waals surface area contributed by atoms with Crippen LogP contribution in [-0.2, 0) is 26.6 Å². The fraction of sp³-hybridized carbons (Fsp3) is 0.300. The van der Waals surface area contributed by atoms with Crippen molar-refractivity contribution in [1.29, 1.82) is 0 Å². The van der Waals surface area contributed by atoms with Gasteiger partial charge in [0.25, 0.3) is 5.56 Å². The molecule has 0 aliphatic heterocycles. The summed E-state index contributed by atoms with van der Waals surface area (Å²) in [6.45, 7) is 7.64. The summed E-state index contributed by atoms with van der Waals surface area (Å²) in [4.78, 5) is 18.3. The monoisotopic (exact) mass is 495 g/mol. The van der Waals surface area contributed by atoms with Crippen molar-refractivity contribution in [2.24, 2.45) is 13.0 Å². The van der Waals surface area contributed by atoms with Gasteiger partial charge in [0.05, 0.1) is 23.4 Å². The van der Waals surface area contributed by atoms with E-state index in [1.165, 1.54) is 4.68 Å². The third-order valence-corrected chi connectivity index (χ3v) is 6.71. The smallest absolute Gasteiger partial charge is 0.276 e. The minimum absolute atomic E-state index is 0.0644. The SMILES string of the molecule is CCNc1ncc(Cn2cc3c(CC(C)C)nn(C)c(=O)c3c2-c2cccc(CO)c2)c2ccccc12. The van der Waals surface area contributed by atoms with Gasteiger partial charge in [-0.25, -0.2) is 9.67 Å². The number of rotatable bonds is 8. The minimum atomic E-state index is -0.129. The molecular formula is C30H33N5O2. The molecule has 5 rings (SSSR count). The van der Waals surface area contributed by atoms with Crippen LogP contribution in [0, 0.1) is 5.92 Å². The standard InChI is InChI=1S/C30H33N5O2/c1-5-31-29-24-12-7-6-11-23(24)22(15-32-29)16-35-17-25-26(13-19(2)3)33-34(4)30(37)27(25)28(35)21-10-8-9-20(14-21)18-36/h6-12,14-15,17,19,36H,5,13,16,18H2,1-4H3,(H,31,32). The Balaban J connectivity index is 1.78. The van der Waals surface area contributed by atoms with Crippen molar-refractivity contribution in [2.45, 2.75) is 40.3 Å². The van der Waals surface area contributed by atoms with Crippen LogP contribution in [0.3, 0.4) is 0 Å². The van der Waals surface area contributed by atoms with E-state index in [1.807, 2.05) is 42.6 Å². The Kier molecular flexibility index (Phi) is 6.80. The van der Waals surface area contributed by atoms with E-state index >= 15 is 0 Å². The number of pyridine rings is 1. The predicted molar refractivity (Wildman–Crippen MR) is 150 cm³/mol. The number of aliphatic hydroxyl groups is 1. The van der Waals surface area contributed by atoms with E-state index in [4.69, 9.17) is 4.98 Å². The Morgan fingerprint density at radius 1 is 1.05 bits per heavy atom. The summed E-state index contributed by atoms with van der Waals surface area (Å²) in [6, 6.07) is 16.0. The highest BCUT2D eigenvalue weighted by atomic mass is 16.3. The van der Waals surface area contributed by atoms with E-state index in [0.29, 0.717) is 17.8 Å². The topological polar surface area (TPSA) is 85.0 Å². The molecule has 0 saturated carbocycles. The predicted octanol–water partition coefficient (Wildman–Crippen LogP) is 5.12. The maximum atomic E-state index is 13.5. The number of nitrogens with zero attached hydrogens (tertiary/aromatic N) is 4. The molecule has 7 nitrogen and oxygen atoms in total. The highest BCUT2D eigenvalue weighted by molar-refractivity contribution is 5.97. The lowest BCUT2D eigenvalue weighted by atomic mass is 10.0. The number of aryl methyl sites for hydroxylation is 1. The largest absolute Gasteiger partial charge is 0.392 e. The molecule has 0 saturated heterocycles. The van der Waals surface area contributed by atoms with E-state index < -0.39 is 0 Å². The van der Waals surface area contributed by atoms with Gasteiger partial charge in [0.2, 0.25) is 0 Å². The molecule has 3 aromatic heterocycles. The Labute approximate surface area is 216 Å². The molecule has 3 heterocycles. The molecule has 7 heteroatoms. The molecule has 0 fully saturated rings. The van der Waals surface area contributed by atoms with Gasteiger partial charge in [0.15, 0.2) is 0 Å². The second-order valence-electron chi connectivity index (χ2n) is 9.93. The van der Waals surface area contributed by atoms with Crippen LogP contribution in [0.5, 0.6) is 0 Å². The van der Waals surface area contributed by atoms with Gasteiger partial charge in [-0.1, -0.05) is 56.3 Å². The summed E-state index contributed by atoms with van der Waals surface area (Å²) in [5.74, 6) is 1.26. The number of fused-ring (bicyclic) bond motifs is 2. The maximum Gasteiger partial charge on any atom is 0.276 e. The van der Waals surface area contributed by atoms with E-state index in [1.54, 1.807) is 7.05 Å². The molecule has 37 heavy (non-hydrogen) atoms. The summed E-state index contributed by atoms with van der Waals surface area (Å²) in [7, 11) is 1.72. The van der Waals surface area contributed by atoms with Crippen LogP contribution in [-0.4, -0.2) is 31.0 Å². The maximum absolute atomic E-state index is 13.5. The first kappa shape index (κ1) is 24.7. The average molecular weight is 496 g/mol. The lowest BCUT2D eigenvalue weighted by Crippen LogP contribution is -2.22. The quantitative estimate of drug-likeness (QED) is 0.312. The molecule has 5 aromatic rings. The minimum Gasteiger partial charge on any atom is -0.392 e. The van der Waals surface area contributed by atoms with Crippen LogP contribution in [0.25, 0.3) is 32.8 Å². The van der Waals surface area contributed by atoms with Crippen LogP contribution < -0.4 is 10.9 Å². The highest BCUT2D eigenvalue weighted by Gasteiger charge is 2.21. The van der Waals surface area contributed by atoms with Gasteiger partial charge in [-0.3, -0.25) is 4.79 Å². The van der Waals surface area contributed by atoms with Crippen LogP contribution in [0.4, 0.5) is 5.82 Å². The summed E-state index contributed by atoms with van der Waals surface area (Å²) in [5, 5.41) is 21.5. The molecule has 0 bridgehead atoms. The number of benzene rings is 2. The third kappa shape index (κ3) is 4.62. The number of hydrogen-bond acceptors (Lipinski definition) is 5. The molecular weight excluding hydrogens is 462 g/mol. The molecule has 0 unspecified atom stereocenters. The Morgan fingerprint density at radius 2 is 1.84 bits per heavy atom. The molecule has 0 radical (unpaired) electrons. The Hall–Kier alpha value is -3.97. The number of aromatic nitrogens is 4. The van der Waals surface area contributed by atoms with Crippen molar-refractivity contribution in [2.75, 3.05) is 11.9 Å². The molecule has 0 aliphatic carbocycles. The van der Waals surface area contributed by atoms with Gasteiger partial charge in [-0.15, -0.1) is 0 Å². The zero-order valence-corrected chi connectivity index (χ0v) is 21.8. The Morgan fingerprint density at radius 3 is 2.57 bits per heavy atom. The van der Waals surface area contributed by atoms with Crippen LogP contribution >= 0.6 is 0 Å². The molecule has 190 valence electrons. The van der Waals surface area contributed by atoms with Crippen molar-refractivity contribution < 1.29 is 5.11 Å². The van der Waals surface area contributed by atoms with E-state index in [-0.39, 0.29) is 12.2 Å². The lowest BCUT2D eigenvalue weighted by Gasteiger charge is -2.14. The van der Waals surface area contributed by atoms with Crippen molar-refractivity contribution in [3.8, 4) is 11.3 Å². The van der Waals surface area contributed by atoms with Gasteiger partial charge >= 0.3 is 0 Å². The van der Waals surface area contributed by atoms with Gasteiger partial charge in [0.1, 0.15) is 5.82 Å². The number of hydrogen-bond donors (Lipinski definition) is 2. The van der Waals surface area contributed by atoms with Crippen LogP contribution in [0.2, 0.25) is 0 Å². The first-order valence-electron chi connectivity index (χ1n) is 12.8. The first-order valence-corrected chi connectivity index (χ1v) is 12.8. The van der Waals surface area contributed by atoms with Gasteiger partial charge in [0, 0.05) is 43.3 Å². The van der Waals surface area contributed by atoms with Crippen molar-refractivity contribution in [1.82, 2.24) is 19.3 Å². The lowest BCUT2D eigenvalue weighted by molar-refractivity contribution is 0.282. The van der Waals surface area contributed by atoms with Crippen molar-refractivity contribution >= 4 is 27.4 Å². The highest BCUT2D eigenvalue weighted by Crippen LogP contribution is 2.33. The average Bonchev–Trinajstić information content (AvgIpc) is 3.28. The second kappa shape index (κ2) is 10.2. The molecule has 0 spiro atoms. The fourth-order valence-corrected chi connectivity index (χ4v) is 5.09. The zero-order chi connectivity index (χ0) is 26.1. The summed E-state index contributed by atoms with van der Waals surface area (Å²) >= 11 is 0. The molecule has 2 N–H and O–H groups in total. The van der Waals surface area contributed by atoms with Crippen LogP contribution in [0.15, 0.2) is 65.7 Å². The Bertz CT molecular complexity index is 1650. The zero-order valence-electron chi connectivity index (χ0n) is 21.8. The summed E-state index contributed by atoms with van der Waals surface area (Å²) < 4.78 is 3.59. The molecule has 0 aliphatic rings. The van der Waals surface area contributed by atoms with Crippen LogP contribution in [0.1, 0.15) is 37.6 Å². The second-order valence-corrected chi connectivity index (χ2v) is 9.93. The van der Waals surface area contributed by atoms with E-state index in [2.05, 4.69) is 54.1 Å². The van der Waals surface area contributed by atoms with Crippen molar-refractivity contribution in [3.63, 3.8) is 0 Å². The number of anilines is 1. The van der Waals surface area contributed by atoms with E-state index in [0.717, 1.165) is 63.0 Å². The third-order valence-electron chi connectivity index (χ3n) is 6.71.